The maximum absolute atomic E-state index is 12.4. The highest BCUT2D eigenvalue weighted by Gasteiger charge is 2.34. The van der Waals surface area contributed by atoms with Gasteiger partial charge in [0.1, 0.15) is 0 Å². The smallest absolute Gasteiger partial charge is 0.315 e. The van der Waals surface area contributed by atoms with Gasteiger partial charge in [0, 0.05) is 12.6 Å². The van der Waals surface area contributed by atoms with Crippen molar-refractivity contribution >= 4 is 6.03 Å². The summed E-state index contributed by atoms with van der Waals surface area (Å²) >= 11 is 0. The Balaban J connectivity index is 1.54. The summed E-state index contributed by atoms with van der Waals surface area (Å²) in [5, 5.41) is 15.5. The summed E-state index contributed by atoms with van der Waals surface area (Å²) in [4.78, 5) is 12.4. The van der Waals surface area contributed by atoms with Gasteiger partial charge in [-0.1, -0.05) is 49.9 Å². The van der Waals surface area contributed by atoms with Crippen molar-refractivity contribution in [2.24, 2.45) is 11.8 Å². The van der Waals surface area contributed by atoms with E-state index in [4.69, 9.17) is 0 Å². The number of amides is 2. The molecule has 0 radical (unpaired) electrons. The molecule has 1 aromatic rings. The number of hydrogen-bond acceptors (Lipinski definition) is 2. The molecule has 2 fully saturated rings. The van der Waals surface area contributed by atoms with Crippen LogP contribution in [0.5, 0.6) is 0 Å². The molecule has 4 nitrogen and oxygen atoms in total. The van der Waals surface area contributed by atoms with Gasteiger partial charge in [0.15, 0.2) is 0 Å². The summed E-state index contributed by atoms with van der Waals surface area (Å²) in [5.74, 6) is 1.33. The number of carbonyl (C=O) groups excluding carboxylic acids is 1. The van der Waals surface area contributed by atoms with Crippen molar-refractivity contribution in [2.45, 2.75) is 70.6 Å². The third-order valence-corrected chi connectivity index (χ3v) is 5.74. The molecule has 3 N–H and O–H groups in total. The highest BCUT2D eigenvalue weighted by atomic mass is 16.3. The lowest BCUT2D eigenvalue weighted by atomic mass is 9.86. The van der Waals surface area contributed by atoms with Gasteiger partial charge >= 0.3 is 6.03 Å². The Labute approximate surface area is 145 Å². The van der Waals surface area contributed by atoms with Crippen molar-refractivity contribution < 1.29 is 9.90 Å². The summed E-state index contributed by atoms with van der Waals surface area (Å²) in [6.45, 7) is 0.535. The zero-order valence-corrected chi connectivity index (χ0v) is 14.5. The second-order valence-corrected chi connectivity index (χ2v) is 7.42. The molecule has 0 unspecified atom stereocenters. The molecule has 2 aliphatic rings. The van der Waals surface area contributed by atoms with Gasteiger partial charge in [-0.3, -0.25) is 0 Å². The lowest BCUT2D eigenvalue weighted by Gasteiger charge is -2.30. The molecule has 2 aliphatic carbocycles. The van der Waals surface area contributed by atoms with Gasteiger partial charge in [0.2, 0.25) is 0 Å². The van der Waals surface area contributed by atoms with Gasteiger partial charge in [-0.25, -0.2) is 4.79 Å². The van der Waals surface area contributed by atoms with E-state index in [0.717, 1.165) is 11.1 Å². The van der Waals surface area contributed by atoms with Gasteiger partial charge < -0.3 is 15.7 Å². The van der Waals surface area contributed by atoms with Crippen LogP contribution < -0.4 is 10.6 Å². The second-order valence-electron chi connectivity index (χ2n) is 7.42. The molecule has 132 valence electrons. The summed E-state index contributed by atoms with van der Waals surface area (Å²) in [5.41, 5.74) is 1.90. The molecule has 2 amide bonds. The zero-order valence-electron chi connectivity index (χ0n) is 14.5. The van der Waals surface area contributed by atoms with Gasteiger partial charge in [0.25, 0.3) is 0 Å². The number of carbonyl (C=O) groups is 1. The summed E-state index contributed by atoms with van der Waals surface area (Å²) in [7, 11) is 0. The van der Waals surface area contributed by atoms with E-state index in [9.17, 15) is 9.90 Å². The fourth-order valence-corrected chi connectivity index (χ4v) is 4.48. The summed E-state index contributed by atoms with van der Waals surface area (Å²) in [6.07, 6.45) is 10.3. The van der Waals surface area contributed by atoms with E-state index in [0.29, 0.717) is 24.4 Å². The molecule has 0 atom stereocenters. The topological polar surface area (TPSA) is 61.4 Å². The Bertz CT molecular complexity index is 518. The SMILES string of the molecule is O=C(NCc1cccc(CO)c1)NC(C1CCCC1)C1CCCC1. The van der Waals surface area contributed by atoms with E-state index < -0.39 is 0 Å². The van der Waals surface area contributed by atoms with Crippen molar-refractivity contribution in [2.75, 3.05) is 0 Å². The Hall–Kier alpha value is -1.55. The van der Waals surface area contributed by atoms with E-state index in [1.807, 2.05) is 24.3 Å². The molecule has 0 heterocycles. The minimum Gasteiger partial charge on any atom is -0.392 e. The van der Waals surface area contributed by atoms with Crippen molar-refractivity contribution in [3.63, 3.8) is 0 Å². The Morgan fingerprint density at radius 3 is 2.21 bits per heavy atom. The third kappa shape index (κ3) is 4.50. The highest BCUT2D eigenvalue weighted by molar-refractivity contribution is 5.74. The molecule has 2 saturated carbocycles. The fraction of sp³-hybridized carbons (Fsp3) is 0.650. The first kappa shape index (κ1) is 17.3. The van der Waals surface area contributed by atoms with Crippen LogP contribution in [0.4, 0.5) is 4.79 Å². The lowest BCUT2D eigenvalue weighted by Crippen LogP contribution is -2.48. The van der Waals surface area contributed by atoms with Crippen LogP contribution >= 0.6 is 0 Å². The first-order chi connectivity index (χ1) is 11.8. The minimum absolute atomic E-state index is 0.0332. The van der Waals surface area contributed by atoms with Crippen LogP contribution in [-0.2, 0) is 13.2 Å². The number of aliphatic hydroxyl groups is 1. The molecule has 3 rings (SSSR count). The number of benzene rings is 1. The Morgan fingerprint density at radius 2 is 1.62 bits per heavy atom. The lowest BCUT2D eigenvalue weighted by molar-refractivity contribution is 0.215. The first-order valence-electron chi connectivity index (χ1n) is 9.49. The second kappa shape index (κ2) is 8.52. The predicted molar refractivity (Wildman–Crippen MR) is 95.4 cm³/mol. The van der Waals surface area contributed by atoms with Crippen LogP contribution in [0.1, 0.15) is 62.5 Å². The van der Waals surface area contributed by atoms with Crippen LogP contribution in [0.2, 0.25) is 0 Å². The molecule has 0 aromatic heterocycles. The molecule has 0 aliphatic heterocycles. The van der Waals surface area contributed by atoms with Crippen LogP contribution in [-0.4, -0.2) is 17.2 Å². The number of aliphatic hydroxyl groups excluding tert-OH is 1. The fourth-order valence-electron chi connectivity index (χ4n) is 4.48. The summed E-state index contributed by atoms with van der Waals surface area (Å²) in [6, 6.07) is 8.02. The van der Waals surface area contributed by atoms with Crippen LogP contribution in [0, 0.1) is 11.8 Å². The van der Waals surface area contributed by atoms with Crippen molar-refractivity contribution in [3.8, 4) is 0 Å². The molecule has 0 bridgehead atoms. The number of urea groups is 1. The molecule has 24 heavy (non-hydrogen) atoms. The van der Waals surface area contributed by atoms with E-state index >= 15 is 0 Å². The van der Waals surface area contributed by atoms with E-state index in [2.05, 4.69) is 10.6 Å². The number of rotatable bonds is 6. The maximum Gasteiger partial charge on any atom is 0.315 e. The van der Waals surface area contributed by atoms with Crippen molar-refractivity contribution in [1.82, 2.24) is 10.6 Å². The van der Waals surface area contributed by atoms with Crippen LogP contribution in [0.3, 0.4) is 0 Å². The van der Waals surface area contributed by atoms with Gasteiger partial charge in [-0.2, -0.15) is 0 Å². The molecule has 1 aromatic carbocycles. The van der Waals surface area contributed by atoms with E-state index in [1.165, 1.54) is 51.4 Å². The third-order valence-electron chi connectivity index (χ3n) is 5.74. The quantitative estimate of drug-likeness (QED) is 0.744. The standard InChI is InChI=1S/C20H30N2O2/c23-14-16-7-5-6-15(12-16)13-21-20(24)22-19(17-8-1-2-9-17)18-10-3-4-11-18/h5-7,12,17-19,23H,1-4,8-11,13-14H2,(H2,21,22,24). The normalized spacial score (nSPS) is 19.1. The Morgan fingerprint density at radius 1 is 1.04 bits per heavy atom. The number of hydrogen-bond donors (Lipinski definition) is 3. The molecule has 4 heteroatoms. The van der Waals surface area contributed by atoms with Crippen molar-refractivity contribution in [1.29, 1.82) is 0 Å². The highest BCUT2D eigenvalue weighted by Crippen LogP contribution is 2.37. The first-order valence-corrected chi connectivity index (χ1v) is 9.49. The van der Waals surface area contributed by atoms with Crippen molar-refractivity contribution in [3.05, 3.63) is 35.4 Å². The molecule has 0 saturated heterocycles. The predicted octanol–water partition coefficient (Wildman–Crippen LogP) is 3.73. The number of nitrogens with one attached hydrogen (secondary N) is 2. The molecule has 0 spiro atoms. The van der Waals surface area contributed by atoms with Gasteiger partial charge in [-0.15, -0.1) is 0 Å². The van der Waals surface area contributed by atoms with E-state index in [1.54, 1.807) is 0 Å². The average molecular weight is 330 g/mol. The van der Waals surface area contributed by atoms with Crippen LogP contribution in [0.25, 0.3) is 0 Å². The Kier molecular flexibility index (Phi) is 6.13. The zero-order chi connectivity index (χ0) is 16.8. The maximum atomic E-state index is 12.4. The minimum atomic E-state index is -0.0480. The average Bonchev–Trinajstić information content (AvgIpc) is 3.31. The summed E-state index contributed by atoms with van der Waals surface area (Å²) < 4.78 is 0. The van der Waals surface area contributed by atoms with Gasteiger partial charge in [-0.05, 0) is 48.6 Å². The van der Waals surface area contributed by atoms with Crippen LogP contribution in [0.15, 0.2) is 24.3 Å². The monoisotopic (exact) mass is 330 g/mol. The van der Waals surface area contributed by atoms with Gasteiger partial charge in [0.05, 0.1) is 6.61 Å². The molecular formula is C20H30N2O2. The largest absolute Gasteiger partial charge is 0.392 e. The molecular weight excluding hydrogens is 300 g/mol. The van der Waals surface area contributed by atoms with E-state index in [-0.39, 0.29) is 12.6 Å².